The number of rotatable bonds is 3. The minimum Gasteiger partial charge on any atom is -0.277 e. The Labute approximate surface area is 216 Å². The van der Waals surface area contributed by atoms with Crippen LogP contribution in [0.4, 0.5) is 0 Å². The van der Waals surface area contributed by atoms with E-state index in [4.69, 9.17) is 0 Å². The third-order valence-corrected chi connectivity index (χ3v) is 5.74. The molecule has 0 fully saturated rings. The van der Waals surface area contributed by atoms with Crippen LogP contribution in [0.25, 0.3) is 21.5 Å². The minimum absolute atomic E-state index is 0.183. The van der Waals surface area contributed by atoms with E-state index < -0.39 is 22.2 Å². The molecule has 0 spiro atoms. The molecule has 0 amide bonds. The van der Waals surface area contributed by atoms with Gasteiger partial charge in [0.2, 0.25) is 0 Å². The van der Waals surface area contributed by atoms with E-state index in [1.807, 2.05) is 0 Å². The van der Waals surface area contributed by atoms with Crippen LogP contribution in [-0.2, 0) is 13.5 Å². The standard InChI is InChI=1S/C14H12N2O4.C13H12.C4H10/c1-6(2)16-13(19)9-4-7-8(5-10(9)14(16)20)12(18)15(3)11(7)17;1-3-7-12(8-4-1)11-13-9-5-2-6-10-13;1-4(2)3/h4-6H,1-3H3;1-10H,11H2;4H,1-3H3. The molecule has 192 valence electrons. The van der Waals surface area contributed by atoms with Gasteiger partial charge in [-0.05, 0) is 49.4 Å². The zero-order valence-electron chi connectivity index (χ0n) is 22.3. The van der Waals surface area contributed by atoms with E-state index in [-0.39, 0.29) is 27.6 Å². The maximum atomic E-state index is 12.2. The number of benzene rings is 3. The van der Waals surface area contributed by atoms with Crippen LogP contribution in [0.15, 0.2) is 92.0 Å². The first-order valence-corrected chi connectivity index (χ1v) is 12.5. The van der Waals surface area contributed by atoms with Gasteiger partial charge in [0.05, 0.1) is 21.5 Å². The van der Waals surface area contributed by atoms with E-state index >= 15 is 0 Å². The highest BCUT2D eigenvalue weighted by Crippen LogP contribution is 2.15. The van der Waals surface area contributed by atoms with Gasteiger partial charge < -0.3 is 0 Å². The van der Waals surface area contributed by atoms with Crippen molar-refractivity contribution >= 4 is 21.5 Å². The average molecular weight is 499 g/mol. The molecule has 6 nitrogen and oxygen atoms in total. The molecule has 0 atom stereocenters. The number of nitrogens with zero attached hydrogens (tertiary/aromatic N) is 2. The fraction of sp³-hybridized carbons (Fsp3) is 0.290. The molecule has 0 aliphatic carbocycles. The van der Waals surface area contributed by atoms with Crippen molar-refractivity contribution in [3.8, 4) is 0 Å². The summed E-state index contributed by atoms with van der Waals surface area (Å²) in [5.74, 6) is 0.833. The van der Waals surface area contributed by atoms with Gasteiger partial charge in [-0.25, -0.2) is 0 Å². The predicted octanol–water partition coefficient (Wildman–Crippen LogP) is 4.97. The molecule has 0 aliphatic rings. The molecule has 0 radical (unpaired) electrons. The van der Waals surface area contributed by atoms with Gasteiger partial charge in [0.1, 0.15) is 0 Å². The van der Waals surface area contributed by atoms with E-state index in [1.54, 1.807) is 13.8 Å². The molecule has 5 aromatic rings. The molecule has 0 unspecified atom stereocenters. The first kappa shape index (κ1) is 27.5. The molecule has 37 heavy (non-hydrogen) atoms. The molecule has 2 heterocycles. The Balaban J connectivity index is 0.000000192. The van der Waals surface area contributed by atoms with Gasteiger partial charge in [0.15, 0.2) is 0 Å². The molecular formula is C31H34N2O4. The zero-order chi connectivity index (χ0) is 27.3. The van der Waals surface area contributed by atoms with Crippen LogP contribution < -0.4 is 22.2 Å². The Kier molecular flexibility index (Phi) is 8.77. The number of hydrogen-bond donors (Lipinski definition) is 0. The van der Waals surface area contributed by atoms with E-state index in [1.165, 1.54) is 30.3 Å². The minimum atomic E-state index is -0.448. The summed E-state index contributed by atoms with van der Waals surface area (Å²) in [4.78, 5) is 48.2. The lowest BCUT2D eigenvalue weighted by atomic mass is 10.1. The lowest BCUT2D eigenvalue weighted by Crippen LogP contribution is -2.27. The zero-order valence-corrected chi connectivity index (χ0v) is 22.3. The fourth-order valence-electron chi connectivity index (χ4n) is 4.01. The summed E-state index contributed by atoms with van der Waals surface area (Å²) in [7, 11) is 1.37. The van der Waals surface area contributed by atoms with Crippen LogP contribution >= 0.6 is 0 Å². The van der Waals surface area contributed by atoms with Crippen molar-refractivity contribution < 1.29 is 0 Å². The topological polar surface area (TPSA) is 78.1 Å². The van der Waals surface area contributed by atoms with Gasteiger partial charge in [-0.15, -0.1) is 0 Å². The van der Waals surface area contributed by atoms with Crippen molar-refractivity contribution in [2.24, 2.45) is 13.0 Å². The molecular weight excluding hydrogens is 464 g/mol. The number of fused-ring (bicyclic) bond motifs is 2. The van der Waals surface area contributed by atoms with Crippen molar-refractivity contribution in [2.45, 2.75) is 47.1 Å². The molecule has 0 saturated carbocycles. The van der Waals surface area contributed by atoms with E-state index in [2.05, 4.69) is 81.4 Å². The summed E-state index contributed by atoms with van der Waals surface area (Å²) >= 11 is 0. The van der Waals surface area contributed by atoms with Gasteiger partial charge in [-0.2, -0.15) is 0 Å². The van der Waals surface area contributed by atoms with Crippen molar-refractivity contribution in [2.75, 3.05) is 0 Å². The third-order valence-electron chi connectivity index (χ3n) is 5.74. The lowest BCUT2D eigenvalue weighted by molar-refractivity contribution is 0.574. The van der Waals surface area contributed by atoms with Crippen molar-refractivity contribution in [3.05, 3.63) is 125 Å². The second kappa shape index (κ2) is 11.8. The molecule has 0 saturated heterocycles. The predicted molar refractivity (Wildman–Crippen MR) is 152 cm³/mol. The summed E-state index contributed by atoms with van der Waals surface area (Å²) in [5.41, 5.74) is 1.00. The second-order valence-electron chi connectivity index (χ2n) is 10.1. The fourth-order valence-corrected chi connectivity index (χ4v) is 4.01. The van der Waals surface area contributed by atoms with Gasteiger partial charge in [0.25, 0.3) is 22.2 Å². The van der Waals surface area contributed by atoms with Crippen LogP contribution in [0.3, 0.4) is 0 Å². The first-order chi connectivity index (χ1) is 17.5. The normalized spacial score (nSPS) is 10.9. The SMILES string of the molecule is CC(C)C.CC(C)n1c(=O)c2cc3c(=O)n(C)c(=O)c3cc2c1=O.c1ccc(Cc2ccccc2)cc1. The Bertz CT molecular complexity index is 1570. The number of hydrogen-bond acceptors (Lipinski definition) is 4. The Morgan fingerprint density at radius 2 is 0.892 bits per heavy atom. The molecule has 0 bridgehead atoms. The van der Waals surface area contributed by atoms with Crippen molar-refractivity contribution in [1.82, 2.24) is 9.13 Å². The molecule has 6 heteroatoms. The van der Waals surface area contributed by atoms with Crippen LogP contribution in [0.2, 0.25) is 0 Å². The summed E-state index contributed by atoms with van der Waals surface area (Å²) in [6.45, 7) is 9.97. The molecule has 0 aliphatic heterocycles. The maximum Gasteiger partial charge on any atom is 0.261 e. The highest BCUT2D eigenvalue weighted by Gasteiger charge is 2.19. The first-order valence-electron chi connectivity index (χ1n) is 12.5. The van der Waals surface area contributed by atoms with Crippen molar-refractivity contribution in [3.63, 3.8) is 0 Å². The molecule has 5 rings (SSSR count). The van der Waals surface area contributed by atoms with E-state index in [0.29, 0.717) is 0 Å². The average Bonchev–Trinajstić information content (AvgIpc) is 3.23. The van der Waals surface area contributed by atoms with E-state index in [9.17, 15) is 19.2 Å². The largest absolute Gasteiger partial charge is 0.277 e. The highest BCUT2D eigenvalue weighted by molar-refractivity contribution is 5.97. The Hall–Kier alpha value is -4.06. The number of aromatic nitrogens is 2. The van der Waals surface area contributed by atoms with Crippen LogP contribution in [0.5, 0.6) is 0 Å². The summed E-state index contributed by atoms with van der Waals surface area (Å²) in [6.07, 6.45) is 1.03. The highest BCUT2D eigenvalue weighted by atomic mass is 16.2. The van der Waals surface area contributed by atoms with Gasteiger partial charge in [0, 0.05) is 13.1 Å². The summed E-state index contributed by atoms with van der Waals surface area (Å²) < 4.78 is 2.12. The quantitative estimate of drug-likeness (QED) is 0.352. The smallest absolute Gasteiger partial charge is 0.261 e. The molecule has 2 aromatic heterocycles. The Morgan fingerprint density at radius 3 is 1.22 bits per heavy atom. The third kappa shape index (κ3) is 6.20. The molecule has 3 aromatic carbocycles. The summed E-state index contributed by atoms with van der Waals surface area (Å²) in [6, 6.07) is 23.5. The van der Waals surface area contributed by atoms with Gasteiger partial charge in [-0.1, -0.05) is 81.4 Å². The second-order valence-corrected chi connectivity index (χ2v) is 10.1. The Morgan fingerprint density at radius 1 is 0.568 bits per heavy atom. The van der Waals surface area contributed by atoms with Crippen molar-refractivity contribution in [1.29, 1.82) is 0 Å². The van der Waals surface area contributed by atoms with E-state index in [0.717, 1.165) is 21.5 Å². The van der Waals surface area contributed by atoms with Gasteiger partial charge in [-0.3, -0.25) is 28.3 Å². The lowest BCUT2D eigenvalue weighted by Gasteiger charge is -2.01. The van der Waals surface area contributed by atoms with Crippen LogP contribution in [-0.4, -0.2) is 9.13 Å². The monoisotopic (exact) mass is 498 g/mol. The van der Waals surface area contributed by atoms with Crippen LogP contribution in [0, 0.1) is 5.92 Å². The maximum absolute atomic E-state index is 12.2. The molecule has 0 N–H and O–H groups in total. The van der Waals surface area contributed by atoms with Crippen LogP contribution in [0.1, 0.15) is 51.8 Å². The summed E-state index contributed by atoms with van der Waals surface area (Å²) in [5, 5.41) is 0.754. The van der Waals surface area contributed by atoms with Gasteiger partial charge >= 0.3 is 0 Å².